The molecule has 0 fully saturated rings. The summed E-state index contributed by atoms with van der Waals surface area (Å²) in [7, 11) is 1.45. The molecule has 7 heteroatoms. The first-order chi connectivity index (χ1) is 14.1. The highest BCUT2D eigenvalue weighted by Gasteiger charge is 2.06. The molecule has 0 spiro atoms. The molecule has 150 valence electrons. The largest absolute Gasteiger partial charge is 0.504 e. The van der Waals surface area contributed by atoms with E-state index < -0.39 is 0 Å². The number of methoxy groups -OCH3 is 1. The molecular weight excluding hydrogens is 370 g/mol. The van der Waals surface area contributed by atoms with Crippen molar-refractivity contribution in [2.45, 2.75) is 6.42 Å². The normalized spacial score (nSPS) is 10.9. The lowest BCUT2D eigenvalue weighted by atomic mass is 10.1. The molecule has 1 heterocycles. The zero-order valence-corrected chi connectivity index (χ0v) is 16.1. The van der Waals surface area contributed by atoms with E-state index >= 15 is 0 Å². The van der Waals surface area contributed by atoms with Crippen molar-refractivity contribution in [3.63, 3.8) is 0 Å². The van der Waals surface area contributed by atoms with Crippen molar-refractivity contribution in [3.8, 4) is 11.5 Å². The summed E-state index contributed by atoms with van der Waals surface area (Å²) in [4.78, 5) is 27.0. The van der Waals surface area contributed by atoms with Crippen LogP contribution in [0.1, 0.15) is 11.1 Å². The van der Waals surface area contributed by atoms with Crippen LogP contribution < -0.4 is 15.4 Å². The molecule has 7 nitrogen and oxygen atoms in total. The van der Waals surface area contributed by atoms with E-state index in [0.29, 0.717) is 24.3 Å². The first-order valence-corrected chi connectivity index (χ1v) is 9.21. The maximum Gasteiger partial charge on any atom is 0.244 e. The Morgan fingerprint density at radius 1 is 1.17 bits per heavy atom. The Labute approximate surface area is 168 Å². The average molecular weight is 393 g/mol. The highest BCUT2D eigenvalue weighted by Crippen LogP contribution is 2.26. The van der Waals surface area contributed by atoms with Gasteiger partial charge in [-0.05, 0) is 41.8 Å². The maximum atomic E-state index is 11.9. The molecule has 29 heavy (non-hydrogen) atoms. The number of carbonyl (C=O) groups is 2. The van der Waals surface area contributed by atoms with Crippen LogP contribution in [0.25, 0.3) is 17.0 Å². The van der Waals surface area contributed by atoms with Gasteiger partial charge < -0.3 is 25.5 Å². The predicted octanol–water partition coefficient (Wildman–Crippen LogP) is 2.37. The predicted molar refractivity (Wildman–Crippen MR) is 112 cm³/mol. The van der Waals surface area contributed by atoms with Crippen LogP contribution in [0.5, 0.6) is 11.5 Å². The van der Waals surface area contributed by atoms with Crippen molar-refractivity contribution in [3.05, 3.63) is 65.9 Å². The third-order valence-corrected chi connectivity index (χ3v) is 4.45. The number of carbonyl (C=O) groups excluding carboxylic acids is 2. The van der Waals surface area contributed by atoms with Crippen molar-refractivity contribution < 1.29 is 19.4 Å². The van der Waals surface area contributed by atoms with E-state index in [1.807, 2.05) is 30.5 Å². The molecule has 0 aliphatic carbocycles. The lowest BCUT2D eigenvalue weighted by Crippen LogP contribution is -2.37. The van der Waals surface area contributed by atoms with Crippen LogP contribution >= 0.6 is 0 Å². The van der Waals surface area contributed by atoms with Gasteiger partial charge in [0, 0.05) is 29.7 Å². The van der Waals surface area contributed by atoms with Crippen LogP contribution in [0.4, 0.5) is 0 Å². The maximum absolute atomic E-state index is 11.9. The minimum absolute atomic E-state index is 0.0263. The SMILES string of the molecule is COc1cc(/C=C/C(=O)NCC(=O)NCCc2c[nH]c3ccccc23)ccc1O. The van der Waals surface area contributed by atoms with E-state index in [1.165, 1.54) is 19.3 Å². The molecule has 0 bridgehead atoms. The fourth-order valence-corrected chi connectivity index (χ4v) is 2.93. The van der Waals surface area contributed by atoms with Crippen LogP contribution in [0.2, 0.25) is 0 Å². The highest BCUT2D eigenvalue weighted by atomic mass is 16.5. The lowest BCUT2D eigenvalue weighted by molar-refractivity contribution is -0.123. The number of aromatic hydroxyl groups is 1. The van der Waals surface area contributed by atoms with E-state index in [9.17, 15) is 14.7 Å². The van der Waals surface area contributed by atoms with Crippen LogP contribution in [0.15, 0.2) is 54.7 Å². The summed E-state index contributed by atoms with van der Waals surface area (Å²) in [5.74, 6) is -0.290. The number of aromatic amines is 1. The minimum Gasteiger partial charge on any atom is -0.504 e. The third-order valence-electron chi connectivity index (χ3n) is 4.45. The number of rotatable bonds is 8. The molecule has 0 aliphatic heterocycles. The zero-order valence-electron chi connectivity index (χ0n) is 16.1. The van der Waals surface area contributed by atoms with Crippen molar-refractivity contribution in [2.75, 3.05) is 20.2 Å². The molecule has 0 radical (unpaired) electrons. The van der Waals surface area contributed by atoms with Crippen molar-refractivity contribution in [1.29, 1.82) is 0 Å². The van der Waals surface area contributed by atoms with E-state index in [4.69, 9.17) is 4.74 Å². The van der Waals surface area contributed by atoms with Crippen LogP contribution in [0, 0.1) is 0 Å². The van der Waals surface area contributed by atoms with E-state index in [0.717, 1.165) is 16.5 Å². The molecule has 4 N–H and O–H groups in total. The van der Waals surface area contributed by atoms with Gasteiger partial charge >= 0.3 is 0 Å². The Balaban J connectivity index is 1.41. The van der Waals surface area contributed by atoms with Crippen molar-refractivity contribution in [1.82, 2.24) is 15.6 Å². The fourth-order valence-electron chi connectivity index (χ4n) is 2.93. The molecule has 0 saturated carbocycles. The summed E-state index contributed by atoms with van der Waals surface area (Å²) in [6.07, 6.45) is 5.55. The molecule has 2 amide bonds. The summed E-state index contributed by atoms with van der Waals surface area (Å²) in [5.41, 5.74) is 2.90. The number of nitrogens with one attached hydrogen (secondary N) is 3. The standard InChI is InChI=1S/C22H23N3O4/c1-29-20-12-15(6-8-19(20)26)7-9-21(27)25-14-22(28)23-11-10-16-13-24-18-5-3-2-4-17(16)18/h2-9,12-13,24,26H,10-11,14H2,1H3,(H,23,28)(H,25,27)/b9-7+. The Hall–Kier alpha value is -3.74. The Bertz CT molecular complexity index is 1040. The molecule has 0 saturated heterocycles. The van der Waals surface area contributed by atoms with E-state index in [-0.39, 0.29) is 24.1 Å². The molecule has 0 aliphatic rings. The quantitative estimate of drug-likeness (QED) is 0.441. The van der Waals surface area contributed by atoms with Crippen molar-refractivity contribution in [2.24, 2.45) is 0 Å². The molecule has 3 rings (SSSR count). The van der Waals surface area contributed by atoms with Gasteiger partial charge in [-0.2, -0.15) is 0 Å². The highest BCUT2D eigenvalue weighted by molar-refractivity contribution is 5.94. The first kappa shape index (κ1) is 20.0. The smallest absolute Gasteiger partial charge is 0.244 e. The zero-order chi connectivity index (χ0) is 20.6. The van der Waals surface area contributed by atoms with E-state index in [2.05, 4.69) is 15.6 Å². The summed E-state index contributed by atoms with van der Waals surface area (Å²) in [5, 5.41) is 16.1. The second-order valence-corrected chi connectivity index (χ2v) is 6.44. The van der Waals surface area contributed by atoms with Gasteiger partial charge in [0.2, 0.25) is 11.8 Å². The summed E-state index contributed by atoms with van der Waals surface area (Å²) in [6.45, 7) is 0.385. The van der Waals surface area contributed by atoms with Gasteiger partial charge in [-0.3, -0.25) is 9.59 Å². The van der Waals surface area contributed by atoms with Crippen molar-refractivity contribution >= 4 is 28.8 Å². The number of hydrogen-bond acceptors (Lipinski definition) is 4. The van der Waals surface area contributed by atoms with Gasteiger partial charge in [0.25, 0.3) is 0 Å². The minimum atomic E-state index is -0.385. The number of benzene rings is 2. The number of ether oxygens (including phenoxy) is 1. The second kappa shape index (κ2) is 9.45. The van der Waals surface area contributed by atoms with E-state index in [1.54, 1.807) is 18.2 Å². The second-order valence-electron chi connectivity index (χ2n) is 6.44. The fraction of sp³-hybridized carbons (Fsp3) is 0.182. The average Bonchev–Trinajstić information content (AvgIpc) is 3.15. The number of amides is 2. The number of para-hydroxylation sites is 1. The Morgan fingerprint density at radius 3 is 2.83 bits per heavy atom. The number of phenols is 1. The number of H-pyrrole nitrogens is 1. The van der Waals surface area contributed by atoms with Gasteiger partial charge in [-0.15, -0.1) is 0 Å². The number of hydrogen-bond donors (Lipinski definition) is 4. The lowest BCUT2D eigenvalue weighted by Gasteiger charge is -2.06. The monoisotopic (exact) mass is 393 g/mol. The van der Waals surface area contributed by atoms with Gasteiger partial charge in [-0.1, -0.05) is 24.3 Å². The number of aromatic nitrogens is 1. The van der Waals surface area contributed by atoms with Gasteiger partial charge in [0.15, 0.2) is 11.5 Å². The number of phenolic OH excluding ortho intramolecular Hbond substituents is 1. The molecule has 0 unspecified atom stereocenters. The molecule has 2 aromatic carbocycles. The Morgan fingerprint density at radius 2 is 2.00 bits per heavy atom. The van der Waals surface area contributed by atoms with Crippen LogP contribution in [-0.4, -0.2) is 42.1 Å². The summed E-state index contributed by atoms with van der Waals surface area (Å²) >= 11 is 0. The van der Waals surface area contributed by atoms with Gasteiger partial charge in [-0.25, -0.2) is 0 Å². The molecule has 1 aromatic heterocycles. The number of fused-ring (bicyclic) bond motifs is 1. The summed E-state index contributed by atoms with van der Waals surface area (Å²) < 4.78 is 5.02. The summed E-state index contributed by atoms with van der Waals surface area (Å²) in [6, 6.07) is 12.7. The molecular formula is C22H23N3O4. The molecule has 0 atom stereocenters. The van der Waals surface area contributed by atoms with Gasteiger partial charge in [0.1, 0.15) is 0 Å². The van der Waals surface area contributed by atoms with Crippen LogP contribution in [0.3, 0.4) is 0 Å². The topological polar surface area (TPSA) is 103 Å². The molecule has 3 aromatic rings. The Kier molecular flexibility index (Phi) is 6.52. The van der Waals surface area contributed by atoms with Crippen LogP contribution in [-0.2, 0) is 16.0 Å². The third kappa shape index (κ3) is 5.38. The first-order valence-electron chi connectivity index (χ1n) is 9.21. The van der Waals surface area contributed by atoms with Gasteiger partial charge in [0.05, 0.1) is 13.7 Å².